The van der Waals surface area contributed by atoms with Gasteiger partial charge in [-0.25, -0.2) is 0 Å². The molecule has 3 nitrogen and oxygen atoms in total. The predicted molar refractivity (Wildman–Crippen MR) is 79.7 cm³/mol. The number of aromatic nitrogens is 1. The number of hydrogen-bond acceptors (Lipinski definition) is 4. The summed E-state index contributed by atoms with van der Waals surface area (Å²) in [7, 11) is 0. The van der Waals surface area contributed by atoms with Crippen LogP contribution in [0.4, 0.5) is 0 Å². The molecule has 1 aromatic heterocycles. The Labute approximate surface area is 120 Å². The molecule has 2 fully saturated rings. The van der Waals surface area contributed by atoms with Crippen LogP contribution in [0.1, 0.15) is 49.8 Å². The van der Waals surface area contributed by atoms with Gasteiger partial charge in [0.15, 0.2) is 0 Å². The van der Waals surface area contributed by atoms with Gasteiger partial charge in [0.05, 0.1) is 5.51 Å². The first-order valence-electron chi connectivity index (χ1n) is 7.70. The lowest BCUT2D eigenvalue weighted by Gasteiger charge is -2.41. The van der Waals surface area contributed by atoms with E-state index in [9.17, 15) is 0 Å². The molecule has 2 aliphatic carbocycles. The average molecular weight is 279 g/mol. The van der Waals surface area contributed by atoms with Gasteiger partial charge in [-0.05, 0) is 37.0 Å². The highest BCUT2D eigenvalue weighted by molar-refractivity contribution is 7.09. The molecule has 4 unspecified atom stereocenters. The van der Waals surface area contributed by atoms with Crippen LogP contribution in [0.5, 0.6) is 0 Å². The maximum absolute atomic E-state index is 5.82. The van der Waals surface area contributed by atoms with Crippen molar-refractivity contribution in [3.05, 3.63) is 16.6 Å². The first kappa shape index (κ1) is 13.5. The first-order chi connectivity index (χ1) is 9.36. The topological polar surface area (TPSA) is 50.9 Å². The van der Waals surface area contributed by atoms with Crippen LogP contribution in [-0.4, -0.2) is 11.0 Å². The van der Waals surface area contributed by atoms with Crippen molar-refractivity contribution in [2.45, 2.75) is 57.4 Å². The number of hydrogen-bond donors (Lipinski definition) is 2. The van der Waals surface area contributed by atoms with Crippen LogP contribution in [-0.2, 0) is 6.42 Å². The molecule has 0 spiro atoms. The third-order valence-corrected chi connectivity index (χ3v) is 6.07. The monoisotopic (exact) mass is 279 g/mol. The zero-order chi connectivity index (χ0) is 13.1. The summed E-state index contributed by atoms with van der Waals surface area (Å²) in [6, 6.07) is 0.434. The summed E-state index contributed by atoms with van der Waals surface area (Å²) in [5, 5.41) is 0. The van der Waals surface area contributed by atoms with E-state index in [4.69, 9.17) is 5.84 Å². The van der Waals surface area contributed by atoms with Crippen LogP contribution in [0.2, 0.25) is 0 Å². The van der Waals surface area contributed by atoms with Crippen LogP contribution in [0.3, 0.4) is 0 Å². The Bertz CT molecular complexity index is 379. The van der Waals surface area contributed by atoms with Gasteiger partial charge in [-0.3, -0.25) is 16.3 Å². The molecular weight excluding hydrogens is 254 g/mol. The smallest absolute Gasteiger partial charge is 0.0794 e. The second-order valence-electron chi connectivity index (χ2n) is 6.32. The highest BCUT2D eigenvalue weighted by Gasteiger charge is 2.35. The molecule has 0 aliphatic heterocycles. The molecule has 3 rings (SSSR count). The van der Waals surface area contributed by atoms with Crippen molar-refractivity contribution in [1.29, 1.82) is 0 Å². The van der Waals surface area contributed by atoms with Gasteiger partial charge in [0.25, 0.3) is 0 Å². The Morgan fingerprint density at radius 3 is 2.84 bits per heavy atom. The number of fused-ring (bicyclic) bond motifs is 1. The Morgan fingerprint density at radius 2 is 2.11 bits per heavy atom. The molecule has 0 aromatic carbocycles. The fourth-order valence-electron chi connectivity index (χ4n) is 4.20. The Hall–Kier alpha value is -0.450. The zero-order valence-corrected chi connectivity index (χ0v) is 12.4. The minimum Gasteiger partial charge on any atom is -0.271 e. The van der Waals surface area contributed by atoms with Gasteiger partial charge in [0, 0.05) is 23.5 Å². The van der Waals surface area contributed by atoms with Crippen molar-refractivity contribution in [2.24, 2.45) is 23.6 Å². The van der Waals surface area contributed by atoms with Crippen molar-refractivity contribution in [3.8, 4) is 0 Å². The van der Waals surface area contributed by atoms with Crippen molar-refractivity contribution in [3.63, 3.8) is 0 Å². The molecule has 2 aliphatic rings. The summed E-state index contributed by atoms with van der Waals surface area (Å²) < 4.78 is 0. The fraction of sp³-hybridized carbons (Fsp3) is 0.800. The van der Waals surface area contributed by atoms with Gasteiger partial charge in [0.1, 0.15) is 0 Å². The number of rotatable bonds is 4. The summed E-state index contributed by atoms with van der Waals surface area (Å²) in [4.78, 5) is 5.53. The third-order valence-electron chi connectivity index (χ3n) is 5.27. The average Bonchev–Trinajstić information content (AvgIpc) is 2.97. The molecule has 106 valence electrons. The Balaban J connectivity index is 1.60. The van der Waals surface area contributed by atoms with Crippen molar-refractivity contribution < 1.29 is 0 Å². The maximum atomic E-state index is 5.82. The third kappa shape index (κ3) is 3.18. The van der Waals surface area contributed by atoms with Gasteiger partial charge in [-0.1, -0.05) is 25.7 Å². The van der Waals surface area contributed by atoms with Gasteiger partial charge in [-0.15, -0.1) is 11.3 Å². The molecule has 1 aromatic rings. The fourth-order valence-corrected chi connectivity index (χ4v) is 4.85. The summed E-state index contributed by atoms with van der Waals surface area (Å²) in [5.41, 5.74) is 5.00. The molecule has 0 bridgehead atoms. The van der Waals surface area contributed by atoms with E-state index in [0.29, 0.717) is 6.04 Å². The number of nitrogens with two attached hydrogens (primary N) is 1. The maximum Gasteiger partial charge on any atom is 0.0794 e. The van der Waals surface area contributed by atoms with Crippen molar-refractivity contribution >= 4 is 11.3 Å². The van der Waals surface area contributed by atoms with E-state index in [-0.39, 0.29) is 0 Å². The quantitative estimate of drug-likeness (QED) is 0.657. The SMILES string of the molecule is NNC(Cc1cncs1)C1CCC2CCCCC2C1. The normalized spacial score (nSPS) is 32.8. The van der Waals surface area contributed by atoms with E-state index >= 15 is 0 Å². The standard InChI is InChI=1S/C15H25N3S/c16-18-15(8-14-9-17-10-19-14)13-6-5-11-3-1-2-4-12(11)7-13/h9-13,15,18H,1-8,16H2. The second-order valence-corrected chi connectivity index (χ2v) is 7.29. The lowest BCUT2D eigenvalue weighted by Crippen LogP contribution is -2.45. The summed E-state index contributed by atoms with van der Waals surface area (Å²) >= 11 is 1.75. The number of hydrazine groups is 1. The van der Waals surface area contributed by atoms with Crippen molar-refractivity contribution in [2.75, 3.05) is 0 Å². The lowest BCUT2D eigenvalue weighted by molar-refractivity contribution is 0.109. The predicted octanol–water partition coefficient (Wildman–Crippen LogP) is 3.12. The summed E-state index contributed by atoms with van der Waals surface area (Å²) in [6.45, 7) is 0. The van der Waals surface area contributed by atoms with Crippen LogP contribution in [0.15, 0.2) is 11.7 Å². The van der Waals surface area contributed by atoms with Crippen molar-refractivity contribution in [1.82, 2.24) is 10.4 Å². The lowest BCUT2D eigenvalue weighted by atomic mass is 9.66. The molecule has 19 heavy (non-hydrogen) atoms. The molecule has 0 radical (unpaired) electrons. The second kappa shape index (κ2) is 6.33. The highest BCUT2D eigenvalue weighted by atomic mass is 32.1. The Morgan fingerprint density at radius 1 is 1.26 bits per heavy atom. The van der Waals surface area contributed by atoms with Gasteiger partial charge in [0.2, 0.25) is 0 Å². The largest absolute Gasteiger partial charge is 0.271 e. The van der Waals surface area contributed by atoms with Gasteiger partial charge in [-0.2, -0.15) is 0 Å². The van der Waals surface area contributed by atoms with Gasteiger partial charge < -0.3 is 0 Å². The number of nitrogens with one attached hydrogen (secondary N) is 1. The van der Waals surface area contributed by atoms with E-state index in [1.165, 1.54) is 49.8 Å². The van der Waals surface area contributed by atoms with E-state index in [1.807, 2.05) is 11.7 Å². The molecular formula is C15H25N3S. The molecule has 4 heteroatoms. The minimum atomic E-state index is 0.434. The molecule has 0 amide bonds. The Kier molecular flexibility index (Phi) is 4.51. The number of nitrogens with zero attached hydrogens (tertiary/aromatic N) is 1. The van der Waals surface area contributed by atoms with Crippen LogP contribution in [0.25, 0.3) is 0 Å². The molecule has 1 heterocycles. The van der Waals surface area contributed by atoms with Crippen LogP contribution >= 0.6 is 11.3 Å². The molecule has 2 saturated carbocycles. The zero-order valence-electron chi connectivity index (χ0n) is 11.6. The summed E-state index contributed by atoms with van der Waals surface area (Å²) in [6.07, 6.45) is 13.1. The molecule has 0 saturated heterocycles. The molecule has 4 atom stereocenters. The first-order valence-corrected chi connectivity index (χ1v) is 8.58. The van der Waals surface area contributed by atoms with E-state index < -0.39 is 0 Å². The van der Waals surface area contributed by atoms with Crippen LogP contribution in [0, 0.1) is 17.8 Å². The van der Waals surface area contributed by atoms with Gasteiger partial charge >= 0.3 is 0 Å². The van der Waals surface area contributed by atoms with E-state index in [0.717, 1.165) is 24.2 Å². The summed E-state index contributed by atoms with van der Waals surface area (Å²) in [5.74, 6) is 8.58. The minimum absolute atomic E-state index is 0.434. The van der Waals surface area contributed by atoms with E-state index in [1.54, 1.807) is 11.3 Å². The molecule has 3 N–H and O–H groups in total. The number of thiazole rings is 1. The van der Waals surface area contributed by atoms with E-state index in [2.05, 4.69) is 10.4 Å². The highest BCUT2D eigenvalue weighted by Crippen LogP contribution is 2.43. The van der Waals surface area contributed by atoms with Crippen LogP contribution < -0.4 is 11.3 Å².